The van der Waals surface area contributed by atoms with Gasteiger partial charge < -0.3 is 15.0 Å². The van der Waals surface area contributed by atoms with Crippen molar-refractivity contribution in [1.82, 2.24) is 4.57 Å². The summed E-state index contributed by atoms with van der Waals surface area (Å²) in [7, 11) is 1.28. The Hall–Kier alpha value is -2.26. The lowest BCUT2D eigenvalue weighted by Crippen LogP contribution is -2.13. The van der Waals surface area contributed by atoms with Crippen LogP contribution < -0.4 is 5.73 Å². The third kappa shape index (κ3) is 3.10. The topological polar surface area (TPSA) is 81.0 Å². The van der Waals surface area contributed by atoms with Gasteiger partial charge in [-0.05, 0) is 39.0 Å². The van der Waals surface area contributed by atoms with Crippen molar-refractivity contribution in [3.63, 3.8) is 0 Å². The van der Waals surface area contributed by atoms with Crippen molar-refractivity contribution in [1.29, 1.82) is 5.26 Å². The second-order valence-electron chi connectivity index (χ2n) is 6.19. The molecule has 0 radical (unpaired) electrons. The minimum Gasteiger partial charge on any atom is -0.464 e. The van der Waals surface area contributed by atoms with E-state index in [2.05, 4.69) is 36.7 Å². The second kappa shape index (κ2) is 6.09. The maximum Gasteiger partial charge on any atom is 0.357 e. The molecule has 6 heteroatoms. The Morgan fingerprint density at radius 3 is 2.52 bits per heavy atom. The Morgan fingerprint density at radius 1 is 1.39 bits per heavy atom. The van der Waals surface area contributed by atoms with Crippen LogP contribution in [0.3, 0.4) is 0 Å². The number of nitrogen functional groups attached to an aromatic ring is 1. The molecule has 23 heavy (non-hydrogen) atoms. The molecule has 2 N–H and O–H groups in total. The smallest absolute Gasteiger partial charge is 0.357 e. The number of rotatable bonds is 2. The van der Waals surface area contributed by atoms with Crippen molar-refractivity contribution in [2.24, 2.45) is 0 Å². The number of nitrogens with two attached hydrogens (primary N) is 1. The van der Waals surface area contributed by atoms with E-state index < -0.39 is 5.97 Å². The molecule has 0 amide bonds. The number of hydrogen-bond acceptors (Lipinski definition) is 4. The highest BCUT2D eigenvalue weighted by molar-refractivity contribution is 9.10. The van der Waals surface area contributed by atoms with Gasteiger partial charge >= 0.3 is 5.97 Å². The first-order chi connectivity index (χ1) is 10.7. The van der Waals surface area contributed by atoms with Crippen molar-refractivity contribution < 1.29 is 9.53 Å². The predicted octanol–water partition coefficient (Wildman–Crippen LogP) is 3.78. The molecule has 0 bridgehead atoms. The fourth-order valence-electron chi connectivity index (χ4n) is 2.27. The highest BCUT2D eigenvalue weighted by atomic mass is 79.9. The maximum absolute atomic E-state index is 12.0. The van der Waals surface area contributed by atoms with Crippen LogP contribution in [0.5, 0.6) is 0 Å². The molecule has 0 aliphatic rings. The van der Waals surface area contributed by atoms with Crippen molar-refractivity contribution in [2.75, 3.05) is 12.8 Å². The summed E-state index contributed by atoms with van der Waals surface area (Å²) >= 11 is 3.54. The highest BCUT2D eigenvalue weighted by Gasteiger charge is 2.23. The predicted molar refractivity (Wildman–Crippen MR) is 92.6 cm³/mol. The molecule has 5 nitrogen and oxygen atoms in total. The number of methoxy groups -OCH3 is 1. The normalized spacial score (nSPS) is 11.1. The zero-order valence-corrected chi connectivity index (χ0v) is 15.1. The van der Waals surface area contributed by atoms with Gasteiger partial charge in [-0.15, -0.1) is 0 Å². The van der Waals surface area contributed by atoms with E-state index >= 15 is 0 Å². The Balaban J connectivity index is 2.68. The summed E-state index contributed by atoms with van der Waals surface area (Å²) in [6, 6.07) is 7.87. The van der Waals surface area contributed by atoms with Crippen LogP contribution in [0.25, 0.3) is 5.69 Å². The fraction of sp³-hybridized carbons (Fsp3) is 0.294. The Kier molecular flexibility index (Phi) is 4.53. The Bertz CT molecular complexity index is 810. The van der Waals surface area contributed by atoms with E-state index in [1.165, 1.54) is 7.11 Å². The lowest BCUT2D eigenvalue weighted by molar-refractivity contribution is 0.0593. The number of nitrogens with zero attached hydrogens (tertiary/aromatic N) is 2. The molecule has 0 saturated carbocycles. The van der Waals surface area contributed by atoms with Crippen LogP contribution in [0.1, 0.15) is 42.4 Å². The minimum absolute atomic E-state index is 0.000239. The van der Waals surface area contributed by atoms with Gasteiger partial charge in [-0.3, -0.25) is 0 Å². The van der Waals surface area contributed by atoms with Gasteiger partial charge in [-0.1, -0.05) is 26.8 Å². The van der Waals surface area contributed by atoms with Crippen molar-refractivity contribution in [2.45, 2.75) is 26.2 Å². The van der Waals surface area contributed by atoms with E-state index in [4.69, 9.17) is 10.5 Å². The van der Waals surface area contributed by atoms with Gasteiger partial charge in [-0.2, -0.15) is 5.26 Å². The lowest BCUT2D eigenvalue weighted by atomic mass is 9.87. The standard InChI is InChI=1S/C17H18BrN3O2/c1-17(2,3)11-5-6-13(12(18)7-11)21-9-10(8-19)14(20)15(21)16(22)23-4/h5-7,9H,20H2,1-4H3. The van der Waals surface area contributed by atoms with Gasteiger partial charge in [0.25, 0.3) is 0 Å². The van der Waals surface area contributed by atoms with Crippen LogP contribution in [0, 0.1) is 11.3 Å². The number of aromatic nitrogens is 1. The van der Waals surface area contributed by atoms with E-state index in [-0.39, 0.29) is 22.4 Å². The number of ether oxygens (including phenoxy) is 1. The van der Waals surface area contributed by atoms with Gasteiger partial charge in [0.1, 0.15) is 6.07 Å². The van der Waals surface area contributed by atoms with Crippen LogP contribution in [-0.2, 0) is 10.2 Å². The largest absolute Gasteiger partial charge is 0.464 e. The lowest BCUT2D eigenvalue weighted by Gasteiger charge is -2.20. The zero-order chi connectivity index (χ0) is 17.4. The highest BCUT2D eigenvalue weighted by Crippen LogP contribution is 2.32. The monoisotopic (exact) mass is 375 g/mol. The molecule has 0 aliphatic heterocycles. The van der Waals surface area contributed by atoms with E-state index in [9.17, 15) is 10.1 Å². The molecule has 0 atom stereocenters. The molecular formula is C17H18BrN3O2. The molecule has 120 valence electrons. The summed E-state index contributed by atoms with van der Waals surface area (Å²) in [5.74, 6) is -0.587. The van der Waals surface area contributed by atoms with E-state index in [0.29, 0.717) is 5.69 Å². The number of nitriles is 1. The van der Waals surface area contributed by atoms with Gasteiger partial charge in [0.05, 0.1) is 24.0 Å². The number of carbonyl (C=O) groups is 1. The maximum atomic E-state index is 12.0. The van der Waals surface area contributed by atoms with E-state index in [1.807, 2.05) is 24.3 Å². The fourth-order valence-corrected chi connectivity index (χ4v) is 2.84. The van der Waals surface area contributed by atoms with Crippen LogP contribution in [0.4, 0.5) is 5.69 Å². The van der Waals surface area contributed by atoms with Crippen LogP contribution >= 0.6 is 15.9 Å². The summed E-state index contributed by atoms with van der Waals surface area (Å²) in [5.41, 5.74) is 8.28. The number of carbonyl (C=O) groups excluding carboxylic acids is 1. The second-order valence-corrected chi connectivity index (χ2v) is 7.05. The molecule has 0 spiro atoms. The molecule has 1 aromatic heterocycles. The first-order valence-electron chi connectivity index (χ1n) is 7.00. The number of benzene rings is 1. The van der Waals surface area contributed by atoms with Crippen molar-refractivity contribution >= 4 is 27.6 Å². The summed E-state index contributed by atoms with van der Waals surface area (Å²) in [6.45, 7) is 6.36. The minimum atomic E-state index is -0.587. The third-order valence-corrected chi connectivity index (χ3v) is 4.25. The summed E-state index contributed by atoms with van der Waals surface area (Å²) in [6.07, 6.45) is 1.54. The van der Waals surface area contributed by atoms with Crippen LogP contribution in [0.2, 0.25) is 0 Å². The Morgan fingerprint density at radius 2 is 2.04 bits per heavy atom. The van der Waals surface area contributed by atoms with Gasteiger partial charge in [0.15, 0.2) is 5.69 Å². The number of halogens is 1. The summed E-state index contributed by atoms with van der Waals surface area (Å²) in [4.78, 5) is 12.0. The van der Waals surface area contributed by atoms with E-state index in [0.717, 1.165) is 10.0 Å². The molecule has 0 unspecified atom stereocenters. The number of esters is 1. The first kappa shape index (κ1) is 17.1. The quantitative estimate of drug-likeness (QED) is 0.809. The Labute approximate surface area is 143 Å². The molecule has 1 aromatic carbocycles. The SMILES string of the molecule is COC(=O)c1c(N)c(C#N)cn1-c1ccc(C(C)(C)C)cc1Br. The van der Waals surface area contributed by atoms with Crippen LogP contribution in [-0.4, -0.2) is 17.6 Å². The average Bonchev–Trinajstić information content (AvgIpc) is 2.82. The molecule has 0 aliphatic carbocycles. The zero-order valence-electron chi connectivity index (χ0n) is 13.5. The summed E-state index contributed by atoms with van der Waals surface area (Å²) in [5, 5.41) is 9.17. The number of anilines is 1. The summed E-state index contributed by atoms with van der Waals surface area (Å²) < 4.78 is 7.17. The first-order valence-corrected chi connectivity index (χ1v) is 7.79. The van der Waals surface area contributed by atoms with Gasteiger partial charge in [-0.25, -0.2) is 4.79 Å². The average molecular weight is 376 g/mol. The molecule has 1 heterocycles. The van der Waals surface area contributed by atoms with E-state index in [1.54, 1.807) is 10.8 Å². The molecule has 0 saturated heterocycles. The molecular weight excluding hydrogens is 358 g/mol. The van der Waals surface area contributed by atoms with Crippen molar-refractivity contribution in [3.8, 4) is 11.8 Å². The third-order valence-electron chi connectivity index (χ3n) is 3.62. The molecule has 2 aromatic rings. The van der Waals surface area contributed by atoms with Gasteiger partial charge in [0, 0.05) is 10.7 Å². The molecule has 2 rings (SSSR count). The van der Waals surface area contributed by atoms with Gasteiger partial charge in [0.2, 0.25) is 0 Å². The van der Waals surface area contributed by atoms with Crippen LogP contribution in [0.15, 0.2) is 28.9 Å². The molecule has 0 fully saturated rings. The van der Waals surface area contributed by atoms with Crippen molar-refractivity contribution in [3.05, 3.63) is 45.7 Å². The number of hydrogen-bond donors (Lipinski definition) is 1.